The van der Waals surface area contributed by atoms with Crippen LogP contribution in [0.1, 0.15) is 11.7 Å². The zero-order valence-corrected chi connectivity index (χ0v) is 10.8. The molecule has 20 heavy (non-hydrogen) atoms. The van der Waals surface area contributed by atoms with Crippen LogP contribution in [0, 0.1) is 22.9 Å². The van der Waals surface area contributed by atoms with Crippen molar-refractivity contribution < 1.29 is 18.5 Å². The van der Waals surface area contributed by atoms with Gasteiger partial charge in [-0.1, -0.05) is 0 Å². The van der Waals surface area contributed by atoms with Gasteiger partial charge in [0.1, 0.15) is 17.2 Å². The minimum absolute atomic E-state index is 0.00250. The number of hydrogen-bond donors (Lipinski definition) is 1. The first-order valence-electron chi connectivity index (χ1n) is 5.68. The maximum atomic E-state index is 13.7. The summed E-state index contributed by atoms with van der Waals surface area (Å²) < 4.78 is 23.8. The number of anilines is 1. The maximum absolute atomic E-state index is 13.7. The number of methoxy groups -OCH3 is 1. The Morgan fingerprint density at radius 2 is 2.30 bits per heavy atom. The number of nitro benzene ring substituents is 1. The number of nitrogens with one attached hydrogen (secondary N) is 1. The van der Waals surface area contributed by atoms with Gasteiger partial charge in [0.05, 0.1) is 24.8 Å². The molecule has 8 heteroatoms. The predicted molar refractivity (Wildman–Crippen MR) is 68.2 cm³/mol. The fourth-order valence-electron chi connectivity index (χ4n) is 1.67. The largest absolute Gasteiger partial charge is 0.497 e. The first-order chi connectivity index (χ1) is 9.51. The van der Waals surface area contributed by atoms with Crippen LogP contribution in [0.2, 0.25) is 0 Å². The molecule has 1 heterocycles. The van der Waals surface area contributed by atoms with Crippen molar-refractivity contribution in [2.75, 3.05) is 12.4 Å². The summed E-state index contributed by atoms with van der Waals surface area (Å²) in [6, 6.07) is 2.30. The minimum Gasteiger partial charge on any atom is -0.497 e. The number of benzene rings is 1. The highest BCUT2D eigenvalue weighted by Gasteiger charge is 2.22. The second kappa shape index (κ2) is 5.55. The Hall–Kier alpha value is -2.64. The molecule has 0 radical (unpaired) electrons. The third kappa shape index (κ3) is 2.85. The second-order valence-corrected chi connectivity index (χ2v) is 3.98. The summed E-state index contributed by atoms with van der Waals surface area (Å²) >= 11 is 0. The number of aromatic nitrogens is 1. The van der Waals surface area contributed by atoms with Gasteiger partial charge in [-0.3, -0.25) is 10.1 Å². The van der Waals surface area contributed by atoms with Crippen LogP contribution in [0.25, 0.3) is 0 Å². The lowest BCUT2D eigenvalue weighted by atomic mass is 10.2. The number of oxazole rings is 1. The van der Waals surface area contributed by atoms with Gasteiger partial charge in [0, 0.05) is 12.1 Å². The second-order valence-electron chi connectivity index (χ2n) is 3.98. The van der Waals surface area contributed by atoms with Crippen LogP contribution in [-0.4, -0.2) is 17.0 Å². The third-order valence-corrected chi connectivity index (χ3v) is 2.55. The maximum Gasteiger partial charge on any atom is 0.327 e. The van der Waals surface area contributed by atoms with Gasteiger partial charge in [-0.15, -0.1) is 0 Å². The Labute approximate surface area is 113 Å². The molecule has 0 fully saturated rings. The van der Waals surface area contributed by atoms with Gasteiger partial charge >= 0.3 is 5.69 Å². The van der Waals surface area contributed by atoms with E-state index in [0.717, 1.165) is 6.07 Å². The number of halogens is 1. The molecule has 106 valence electrons. The molecular weight excluding hydrogens is 269 g/mol. The van der Waals surface area contributed by atoms with Crippen molar-refractivity contribution in [3.8, 4) is 5.75 Å². The lowest BCUT2D eigenvalue weighted by Gasteiger charge is -2.08. The van der Waals surface area contributed by atoms with E-state index in [4.69, 9.17) is 9.15 Å². The molecule has 0 saturated carbocycles. The van der Waals surface area contributed by atoms with Gasteiger partial charge in [-0.2, -0.15) is 4.39 Å². The van der Waals surface area contributed by atoms with Crippen LogP contribution in [0.15, 0.2) is 22.7 Å². The molecule has 0 unspecified atom stereocenters. The molecule has 1 N–H and O–H groups in total. The van der Waals surface area contributed by atoms with Gasteiger partial charge in [-0.05, 0) is 6.92 Å². The molecule has 2 aromatic rings. The van der Waals surface area contributed by atoms with Gasteiger partial charge in [0.25, 0.3) is 0 Å². The van der Waals surface area contributed by atoms with Gasteiger partial charge in [0.15, 0.2) is 0 Å². The van der Waals surface area contributed by atoms with Crippen LogP contribution in [-0.2, 0) is 6.54 Å². The smallest absolute Gasteiger partial charge is 0.327 e. The van der Waals surface area contributed by atoms with E-state index in [1.54, 1.807) is 6.92 Å². The topological polar surface area (TPSA) is 90.4 Å². The van der Waals surface area contributed by atoms with Crippen LogP contribution in [0.3, 0.4) is 0 Å². The Kier molecular flexibility index (Phi) is 3.83. The first-order valence-corrected chi connectivity index (χ1v) is 5.68. The molecular formula is C12H12FN3O4. The van der Waals surface area contributed by atoms with Crippen LogP contribution in [0.5, 0.6) is 5.75 Å². The monoisotopic (exact) mass is 281 g/mol. The first kappa shape index (κ1) is 13.8. The predicted octanol–water partition coefficient (Wildman–Crippen LogP) is 2.65. The van der Waals surface area contributed by atoms with Crippen LogP contribution in [0.4, 0.5) is 15.8 Å². The standard InChI is InChI=1S/C12H12FN3O4/c1-7-5-15-11(20-7)6-14-10-4-8(19-2)3-9(13)12(10)16(17)18/h3-5,14H,6H2,1-2H3. The zero-order chi connectivity index (χ0) is 14.7. The van der Waals surface area contributed by atoms with Gasteiger partial charge < -0.3 is 14.5 Å². The summed E-state index contributed by atoms with van der Waals surface area (Å²) in [5, 5.41) is 13.6. The molecule has 1 aromatic heterocycles. The lowest BCUT2D eigenvalue weighted by molar-refractivity contribution is -0.386. The normalized spacial score (nSPS) is 10.3. The molecule has 0 amide bonds. The molecule has 1 aromatic carbocycles. The molecule has 0 aliphatic heterocycles. The Morgan fingerprint density at radius 1 is 1.55 bits per heavy atom. The Morgan fingerprint density at radius 3 is 2.85 bits per heavy atom. The zero-order valence-electron chi connectivity index (χ0n) is 10.8. The average molecular weight is 281 g/mol. The molecule has 7 nitrogen and oxygen atoms in total. The molecule has 2 rings (SSSR count). The van der Waals surface area contributed by atoms with E-state index in [1.807, 2.05) is 0 Å². The number of hydrogen-bond acceptors (Lipinski definition) is 6. The molecule has 0 aliphatic carbocycles. The molecule has 0 bridgehead atoms. The molecule has 0 saturated heterocycles. The lowest BCUT2D eigenvalue weighted by Crippen LogP contribution is -2.05. The van der Waals surface area contributed by atoms with E-state index in [0.29, 0.717) is 11.7 Å². The molecule has 0 atom stereocenters. The number of rotatable bonds is 5. The fraction of sp³-hybridized carbons (Fsp3) is 0.250. The van der Waals surface area contributed by atoms with Crippen LogP contribution < -0.4 is 10.1 Å². The average Bonchev–Trinajstić information content (AvgIpc) is 2.81. The fourth-order valence-corrected chi connectivity index (χ4v) is 1.67. The summed E-state index contributed by atoms with van der Waals surface area (Å²) in [5.41, 5.74) is -0.642. The number of aryl methyl sites for hydroxylation is 1. The summed E-state index contributed by atoms with van der Waals surface area (Å²) in [6.45, 7) is 1.82. The van der Waals surface area contributed by atoms with Crippen molar-refractivity contribution in [3.63, 3.8) is 0 Å². The van der Waals surface area contributed by atoms with E-state index < -0.39 is 16.4 Å². The van der Waals surface area contributed by atoms with Crippen LogP contribution >= 0.6 is 0 Å². The van der Waals surface area contributed by atoms with E-state index >= 15 is 0 Å². The highest BCUT2D eigenvalue weighted by molar-refractivity contribution is 5.65. The SMILES string of the molecule is COc1cc(F)c([N+](=O)[O-])c(NCc2ncc(C)o2)c1. The van der Waals surface area contributed by atoms with E-state index in [2.05, 4.69) is 10.3 Å². The van der Waals surface area contributed by atoms with Crippen molar-refractivity contribution in [2.24, 2.45) is 0 Å². The third-order valence-electron chi connectivity index (χ3n) is 2.55. The Balaban J connectivity index is 2.28. The van der Waals surface area contributed by atoms with Crippen molar-refractivity contribution in [2.45, 2.75) is 13.5 Å². The molecule has 0 spiro atoms. The van der Waals surface area contributed by atoms with Gasteiger partial charge in [-0.25, -0.2) is 4.98 Å². The summed E-state index contributed by atoms with van der Waals surface area (Å²) in [4.78, 5) is 14.1. The minimum atomic E-state index is -0.972. The highest BCUT2D eigenvalue weighted by Crippen LogP contribution is 2.32. The van der Waals surface area contributed by atoms with E-state index in [1.165, 1.54) is 19.4 Å². The number of ether oxygens (including phenoxy) is 1. The number of nitrogens with zero attached hydrogens (tertiary/aromatic N) is 2. The Bertz CT molecular complexity index is 642. The molecule has 0 aliphatic rings. The quantitative estimate of drug-likeness (QED) is 0.669. The van der Waals surface area contributed by atoms with Crippen molar-refractivity contribution in [1.82, 2.24) is 4.98 Å². The summed E-state index contributed by atoms with van der Waals surface area (Å²) in [6.07, 6.45) is 1.53. The van der Waals surface area contributed by atoms with Crippen molar-refractivity contribution >= 4 is 11.4 Å². The van der Waals surface area contributed by atoms with E-state index in [9.17, 15) is 14.5 Å². The number of nitro groups is 1. The van der Waals surface area contributed by atoms with Gasteiger partial charge in [0.2, 0.25) is 11.7 Å². The van der Waals surface area contributed by atoms with E-state index in [-0.39, 0.29) is 18.0 Å². The van der Waals surface area contributed by atoms with Crippen molar-refractivity contribution in [3.05, 3.63) is 45.9 Å². The van der Waals surface area contributed by atoms with Crippen molar-refractivity contribution in [1.29, 1.82) is 0 Å². The highest BCUT2D eigenvalue weighted by atomic mass is 19.1. The summed E-state index contributed by atoms with van der Waals surface area (Å²) in [7, 11) is 1.35. The summed E-state index contributed by atoms with van der Waals surface area (Å²) in [5.74, 6) is 0.174.